The van der Waals surface area contributed by atoms with Crippen LogP contribution in [0.2, 0.25) is 5.02 Å². The lowest BCUT2D eigenvalue weighted by Crippen LogP contribution is -2.42. The molecule has 1 aliphatic rings. The molecule has 3 aromatic rings. The number of anilines is 1. The molecule has 0 amide bonds. The van der Waals surface area contributed by atoms with E-state index < -0.39 is 0 Å². The Labute approximate surface area is 168 Å². The van der Waals surface area contributed by atoms with Crippen LogP contribution >= 0.6 is 11.6 Å². The van der Waals surface area contributed by atoms with E-state index in [1.165, 1.54) is 0 Å². The van der Waals surface area contributed by atoms with Crippen molar-refractivity contribution in [1.82, 2.24) is 0 Å². The number of halogens is 1. The first-order valence-corrected chi connectivity index (χ1v) is 9.27. The molecule has 0 fully saturated rings. The fourth-order valence-corrected chi connectivity index (χ4v) is 3.64. The maximum absolute atomic E-state index is 13.4. The summed E-state index contributed by atoms with van der Waals surface area (Å²) < 4.78 is 1.72. The zero-order valence-electron chi connectivity index (χ0n) is 15.5. The highest BCUT2D eigenvalue weighted by Crippen LogP contribution is 2.30. The second-order valence-electron chi connectivity index (χ2n) is 6.83. The zero-order chi connectivity index (χ0) is 19.8. The molecule has 1 aliphatic carbocycles. The number of allylic oxidation sites excluding steroid dienone is 2. The van der Waals surface area contributed by atoms with Crippen molar-refractivity contribution in [3.8, 4) is 0 Å². The first-order valence-electron chi connectivity index (χ1n) is 8.90. The van der Waals surface area contributed by atoms with Crippen molar-refractivity contribution in [2.45, 2.75) is 13.8 Å². The van der Waals surface area contributed by atoms with Crippen molar-refractivity contribution < 1.29 is 14.2 Å². The van der Waals surface area contributed by atoms with Gasteiger partial charge in [-0.05, 0) is 32.0 Å². The molecule has 0 spiro atoms. The van der Waals surface area contributed by atoms with Gasteiger partial charge in [0.05, 0.1) is 10.7 Å². The molecule has 0 saturated carbocycles. The smallest absolute Gasteiger partial charge is 0.286 e. The van der Waals surface area contributed by atoms with E-state index in [1.54, 1.807) is 41.0 Å². The lowest BCUT2D eigenvalue weighted by Gasteiger charge is -2.19. The van der Waals surface area contributed by atoms with Gasteiger partial charge in [0, 0.05) is 22.3 Å². The Hall–Kier alpha value is -3.24. The molecule has 0 radical (unpaired) electrons. The average molecular weight is 390 g/mol. The van der Waals surface area contributed by atoms with Crippen LogP contribution < -0.4 is 9.88 Å². The van der Waals surface area contributed by atoms with Crippen LogP contribution in [0.5, 0.6) is 0 Å². The molecular formula is C23H18ClN2O2+. The maximum Gasteiger partial charge on any atom is 0.286 e. The number of nitrogens with one attached hydrogen (secondary N) is 1. The first-order chi connectivity index (χ1) is 13.5. The number of Topliss-reactive ketones (excluding diaryl/α,β-unsaturated/α-hetero) is 2. The summed E-state index contributed by atoms with van der Waals surface area (Å²) in [7, 11) is 0. The summed E-state index contributed by atoms with van der Waals surface area (Å²) in [5, 5.41) is 3.59. The van der Waals surface area contributed by atoms with E-state index in [0.29, 0.717) is 21.8 Å². The van der Waals surface area contributed by atoms with Gasteiger partial charge in [0.25, 0.3) is 11.5 Å². The fraction of sp³-hybridized carbons (Fsp3) is 0.0870. The van der Waals surface area contributed by atoms with Crippen molar-refractivity contribution in [1.29, 1.82) is 0 Å². The Balaban J connectivity index is 1.97. The van der Waals surface area contributed by atoms with Gasteiger partial charge in [-0.3, -0.25) is 9.59 Å². The van der Waals surface area contributed by atoms with Crippen LogP contribution in [0.15, 0.2) is 72.7 Å². The summed E-state index contributed by atoms with van der Waals surface area (Å²) in [6, 6.07) is 16.0. The molecule has 4 nitrogen and oxygen atoms in total. The Morgan fingerprint density at radius 1 is 0.821 bits per heavy atom. The minimum absolute atomic E-state index is 0.209. The summed E-state index contributed by atoms with van der Waals surface area (Å²) in [5.41, 5.74) is 3.84. The number of aromatic nitrogens is 1. The van der Waals surface area contributed by atoms with Gasteiger partial charge in [-0.2, -0.15) is 4.57 Å². The van der Waals surface area contributed by atoms with Gasteiger partial charge in [-0.25, -0.2) is 0 Å². The number of pyridine rings is 1. The van der Waals surface area contributed by atoms with Crippen LogP contribution in [0.1, 0.15) is 31.8 Å². The molecule has 138 valence electrons. The fourth-order valence-electron chi connectivity index (χ4n) is 3.46. The number of nitrogens with zero attached hydrogens (tertiary/aromatic N) is 1. The largest absolute Gasteiger partial charge is 0.345 e. The van der Waals surface area contributed by atoms with Gasteiger partial charge in [-0.1, -0.05) is 48.0 Å². The SMILES string of the molecule is Cc1cc(C)c[n+](C2=C(Nc3ccccc3Cl)C(=O)c3ccccc3C2=O)c1. The van der Waals surface area contributed by atoms with E-state index in [0.717, 1.165) is 11.1 Å². The van der Waals surface area contributed by atoms with Crippen LogP contribution in [-0.4, -0.2) is 11.6 Å². The van der Waals surface area contributed by atoms with Gasteiger partial charge in [0.15, 0.2) is 18.1 Å². The molecule has 28 heavy (non-hydrogen) atoms. The number of ketones is 2. The number of carbonyl (C=O) groups is 2. The molecule has 5 heteroatoms. The van der Waals surface area contributed by atoms with Gasteiger partial charge in [0.1, 0.15) is 0 Å². The second kappa shape index (κ2) is 7.06. The zero-order valence-corrected chi connectivity index (χ0v) is 16.2. The third kappa shape index (κ3) is 3.12. The third-order valence-corrected chi connectivity index (χ3v) is 4.96. The maximum atomic E-state index is 13.4. The van der Waals surface area contributed by atoms with E-state index in [1.807, 2.05) is 44.4 Å². The predicted octanol–water partition coefficient (Wildman–Crippen LogP) is 4.60. The van der Waals surface area contributed by atoms with Crippen molar-refractivity contribution >= 4 is 34.6 Å². The molecule has 4 rings (SSSR count). The highest BCUT2D eigenvalue weighted by atomic mass is 35.5. The Bertz CT molecular complexity index is 1140. The highest BCUT2D eigenvalue weighted by Gasteiger charge is 2.38. The minimum Gasteiger partial charge on any atom is -0.345 e. The molecule has 0 atom stereocenters. The quantitative estimate of drug-likeness (QED) is 0.666. The van der Waals surface area contributed by atoms with E-state index in [-0.39, 0.29) is 23.0 Å². The highest BCUT2D eigenvalue weighted by molar-refractivity contribution is 6.37. The van der Waals surface area contributed by atoms with Crippen LogP contribution in [-0.2, 0) is 0 Å². The van der Waals surface area contributed by atoms with Gasteiger partial charge in [-0.15, -0.1) is 0 Å². The Morgan fingerprint density at radius 2 is 1.39 bits per heavy atom. The number of hydrogen-bond acceptors (Lipinski definition) is 3. The summed E-state index contributed by atoms with van der Waals surface area (Å²) >= 11 is 6.28. The van der Waals surface area contributed by atoms with Crippen molar-refractivity contribution in [3.63, 3.8) is 0 Å². The lowest BCUT2D eigenvalue weighted by molar-refractivity contribution is -0.578. The lowest BCUT2D eigenvalue weighted by atomic mass is 9.90. The van der Waals surface area contributed by atoms with Gasteiger partial charge < -0.3 is 5.32 Å². The molecule has 0 aliphatic heterocycles. The summed E-state index contributed by atoms with van der Waals surface area (Å²) in [6.45, 7) is 3.91. The summed E-state index contributed by atoms with van der Waals surface area (Å²) in [5.74, 6) is -0.448. The van der Waals surface area contributed by atoms with Gasteiger partial charge >= 0.3 is 0 Å². The second-order valence-corrected chi connectivity index (χ2v) is 7.24. The van der Waals surface area contributed by atoms with Crippen LogP contribution in [0.4, 0.5) is 5.69 Å². The Morgan fingerprint density at radius 3 is 2.04 bits per heavy atom. The number of para-hydroxylation sites is 1. The first kappa shape index (κ1) is 18.1. The minimum atomic E-state index is -0.239. The molecule has 1 N–H and O–H groups in total. The van der Waals surface area contributed by atoms with E-state index in [2.05, 4.69) is 5.32 Å². The topological polar surface area (TPSA) is 50.1 Å². The number of hydrogen-bond donors (Lipinski definition) is 1. The monoisotopic (exact) mass is 389 g/mol. The van der Waals surface area contributed by atoms with Gasteiger partial charge in [0.2, 0.25) is 5.78 Å². The van der Waals surface area contributed by atoms with Crippen molar-refractivity contribution in [2.24, 2.45) is 0 Å². The molecule has 1 aromatic heterocycles. The van der Waals surface area contributed by atoms with Crippen molar-refractivity contribution in [2.75, 3.05) is 5.32 Å². The number of carbonyl (C=O) groups excluding carboxylic acids is 2. The van der Waals surface area contributed by atoms with Crippen LogP contribution in [0.25, 0.3) is 5.70 Å². The predicted molar refractivity (Wildman–Crippen MR) is 110 cm³/mol. The summed E-state index contributed by atoms with van der Waals surface area (Å²) in [4.78, 5) is 26.7. The van der Waals surface area contributed by atoms with E-state index in [9.17, 15) is 9.59 Å². The molecule has 0 bridgehead atoms. The van der Waals surface area contributed by atoms with Crippen LogP contribution in [0.3, 0.4) is 0 Å². The number of aryl methyl sites for hydroxylation is 2. The standard InChI is InChI=1S/C23H17ClN2O2/c1-14-11-15(2)13-26(12-14)21-20(25-19-10-6-5-9-18(19)24)22(27)16-7-3-4-8-17(16)23(21)28/h3-13H,1-2H3/p+1. The normalized spacial score (nSPS) is 13.5. The molecule has 0 unspecified atom stereocenters. The average Bonchev–Trinajstić information content (AvgIpc) is 2.67. The number of benzene rings is 2. The number of rotatable bonds is 3. The molecule has 0 saturated heterocycles. The van der Waals surface area contributed by atoms with E-state index >= 15 is 0 Å². The van der Waals surface area contributed by atoms with E-state index in [4.69, 9.17) is 11.6 Å². The Kier molecular flexibility index (Phi) is 4.57. The third-order valence-electron chi connectivity index (χ3n) is 4.63. The van der Waals surface area contributed by atoms with Crippen LogP contribution in [0, 0.1) is 13.8 Å². The number of fused-ring (bicyclic) bond motifs is 1. The van der Waals surface area contributed by atoms with Crippen molar-refractivity contribution in [3.05, 3.63) is 100.0 Å². The summed E-state index contributed by atoms with van der Waals surface area (Å²) in [6.07, 6.45) is 3.69. The molecule has 2 aromatic carbocycles. The molecular weight excluding hydrogens is 372 g/mol. The molecule has 1 heterocycles.